The molecule has 1 fully saturated rings. The third-order valence-corrected chi connectivity index (χ3v) is 4.91. The predicted octanol–water partition coefficient (Wildman–Crippen LogP) is 2.45. The number of rotatable bonds is 4. The number of carbonyl (C=O) groups is 1. The van der Waals surface area contributed by atoms with Gasteiger partial charge in [-0.05, 0) is 38.4 Å². The number of nitrogens with one attached hydrogen (secondary N) is 1. The van der Waals surface area contributed by atoms with Crippen LogP contribution in [0.15, 0.2) is 36.9 Å². The molecule has 3 aromatic rings. The summed E-state index contributed by atoms with van der Waals surface area (Å²) in [5, 5.41) is 8.04. The predicted molar refractivity (Wildman–Crippen MR) is 101 cm³/mol. The zero-order chi connectivity index (χ0) is 18.1. The Morgan fingerprint density at radius 3 is 2.85 bits per heavy atom. The molecule has 1 N–H and O–H groups in total. The number of aryl methyl sites for hydroxylation is 1. The number of amides is 1. The Morgan fingerprint density at radius 2 is 2.12 bits per heavy atom. The molecular formula is C19H22N6O. The summed E-state index contributed by atoms with van der Waals surface area (Å²) in [7, 11) is 1.89. The Kier molecular flexibility index (Phi) is 4.38. The van der Waals surface area contributed by atoms with Crippen molar-refractivity contribution in [3.05, 3.63) is 36.9 Å². The normalized spacial score (nSPS) is 17.7. The molecule has 0 spiro atoms. The van der Waals surface area contributed by atoms with Crippen LogP contribution in [0.4, 0.5) is 5.82 Å². The SMILES string of the molecule is C[C@H]1CCCN1CC(=O)Nc1cc2cc(-c3cnn(C)c3)cnc2cn1. The zero-order valence-corrected chi connectivity index (χ0v) is 15.0. The number of pyridine rings is 2. The van der Waals surface area contributed by atoms with Gasteiger partial charge in [0.25, 0.3) is 0 Å². The lowest BCUT2D eigenvalue weighted by molar-refractivity contribution is -0.117. The molecule has 1 aliphatic rings. The van der Waals surface area contributed by atoms with Crippen LogP contribution in [0.5, 0.6) is 0 Å². The maximum Gasteiger partial charge on any atom is 0.239 e. The van der Waals surface area contributed by atoms with Crippen molar-refractivity contribution < 1.29 is 4.79 Å². The number of likely N-dealkylation sites (tertiary alicyclic amines) is 1. The van der Waals surface area contributed by atoms with E-state index in [1.807, 2.05) is 37.8 Å². The largest absolute Gasteiger partial charge is 0.310 e. The highest BCUT2D eigenvalue weighted by Crippen LogP contribution is 2.23. The first-order valence-corrected chi connectivity index (χ1v) is 8.87. The fourth-order valence-electron chi connectivity index (χ4n) is 3.42. The minimum absolute atomic E-state index is 0.0260. The minimum atomic E-state index is -0.0260. The summed E-state index contributed by atoms with van der Waals surface area (Å²) in [5.74, 6) is 0.529. The quantitative estimate of drug-likeness (QED) is 0.782. The molecule has 7 heteroatoms. The first-order valence-electron chi connectivity index (χ1n) is 8.87. The Morgan fingerprint density at radius 1 is 1.23 bits per heavy atom. The lowest BCUT2D eigenvalue weighted by Crippen LogP contribution is -2.35. The van der Waals surface area contributed by atoms with Crippen molar-refractivity contribution in [3.8, 4) is 11.1 Å². The van der Waals surface area contributed by atoms with Crippen molar-refractivity contribution in [2.45, 2.75) is 25.8 Å². The molecule has 0 radical (unpaired) electrons. The van der Waals surface area contributed by atoms with E-state index in [1.54, 1.807) is 10.9 Å². The Labute approximate surface area is 152 Å². The summed E-state index contributed by atoms with van der Waals surface area (Å²) in [4.78, 5) is 23.3. The van der Waals surface area contributed by atoms with Gasteiger partial charge >= 0.3 is 0 Å². The first-order chi connectivity index (χ1) is 12.6. The zero-order valence-electron chi connectivity index (χ0n) is 15.0. The van der Waals surface area contributed by atoms with Crippen LogP contribution in [0.1, 0.15) is 19.8 Å². The molecule has 1 aliphatic heterocycles. The summed E-state index contributed by atoms with van der Waals surface area (Å²) in [6.07, 6.45) is 9.58. The molecule has 1 saturated heterocycles. The van der Waals surface area contributed by atoms with E-state index in [2.05, 4.69) is 32.2 Å². The number of hydrogen-bond donors (Lipinski definition) is 1. The molecule has 4 rings (SSSR count). The van der Waals surface area contributed by atoms with Crippen LogP contribution >= 0.6 is 0 Å². The van der Waals surface area contributed by atoms with Crippen LogP contribution in [0, 0.1) is 0 Å². The fourth-order valence-corrected chi connectivity index (χ4v) is 3.42. The number of aromatic nitrogens is 4. The van der Waals surface area contributed by atoms with Crippen molar-refractivity contribution in [2.75, 3.05) is 18.4 Å². The van der Waals surface area contributed by atoms with E-state index < -0.39 is 0 Å². The van der Waals surface area contributed by atoms with Crippen LogP contribution in [0.25, 0.3) is 22.0 Å². The summed E-state index contributed by atoms with van der Waals surface area (Å²) < 4.78 is 1.76. The summed E-state index contributed by atoms with van der Waals surface area (Å²) in [5.41, 5.74) is 2.79. The van der Waals surface area contributed by atoms with Crippen LogP contribution in [-0.2, 0) is 11.8 Å². The van der Waals surface area contributed by atoms with Crippen LogP contribution < -0.4 is 5.32 Å². The second-order valence-electron chi connectivity index (χ2n) is 6.90. The van der Waals surface area contributed by atoms with E-state index in [0.29, 0.717) is 18.4 Å². The molecule has 1 amide bonds. The van der Waals surface area contributed by atoms with E-state index in [0.717, 1.165) is 41.4 Å². The average molecular weight is 350 g/mol. The lowest BCUT2D eigenvalue weighted by Gasteiger charge is -2.19. The summed E-state index contributed by atoms with van der Waals surface area (Å²) in [6, 6.07) is 4.38. The number of anilines is 1. The summed E-state index contributed by atoms with van der Waals surface area (Å²) >= 11 is 0. The van der Waals surface area contributed by atoms with E-state index in [-0.39, 0.29) is 5.91 Å². The van der Waals surface area contributed by atoms with Gasteiger partial charge in [-0.3, -0.25) is 19.4 Å². The van der Waals surface area contributed by atoms with Gasteiger partial charge in [0.15, 0.2) is 0 Å². The van der Waals surface area contributed by atoms with Gasteiger partial charge in [-0.2, -0.15) is 5.10 Å². The fraction of sp³-hybridized carbons (Fsp3) is 0.368. The van der Waals surface area contributed by atoms with Gasteiger partial charge in [-0.25, -0.2) is 4.98 Å². The van der Waals surface area contributed by atoms with Gasteiger partial charge in [0.05, 0.1) is 24.5 Å². The Hall–Kier alpha value is -2.80. The Bertz CT molecular complexity index is 950. The standard InChI is InChI=1S/C19H22N6O/c1-13-4-3-5-25(13)12-19(26)23-18-7-14-6-15(8-20-17(14)10-21-18)16-9-22-24(2)11-16/h6-11,13H,3-5,12H2,1-2H3,(H,21,23,26)/t13-/m0/s1. The maximum absolute atomic E-state index is 12.3. The third-order valence-electron chi connectivity index (χ3n) is 4.91. The van der Waals surface area contributed by atoms with Gasteiger partial charge in [0.2, 0.25) is 5.91 Å². The third kappa shape index (κ3) is 3.43. The topological polar surface area (TPSA) is 75.9 Å². The van der Waals surface area contributed by atoms with Crippen molar-refractivity contribution in [1.82, 2.24) is 24.6 Å². The highest BCUT2D eigenvalue weighted by Gasteiger charge is 2.22. The Balaban J connectivity index is 1.53. The van der Waals surface area contributed by atoms with E-state index in [4.69, 9.17) is 0 Å². The van der Waals surface area contributed by atoms with Crippen LogP contribution in [0.3, 0.4) is 0 Å². The van der Waals surface area contributed by atoms with Crippen molar-refractivity contribution in [1.29, 1.82) is 0 Å². The van der Waals surface area contributed by atoms with E-state index in [9.17, 15) is 4.79 Å². The van der Waals surface area contributed by atoms with Crippen molar-refractivity contribution in [3.63, 3.8) is 0 Å². The van der Waals surface area contributed by atoms with E-state index in [1.165, 1.54) is 0 Å². The molecule has 0 bridgehead atoms. The second-order valence-corrected chi connectivity index (χ2v) is 6.90. The highest BCUT2D eigenvalue weighted by atomic mass is 16.2. The smallest absolute Gasteiger partial charge is 0.239 e. The monoisotopic (exact) mass is 350 g/mol. The molecule has 3 aromatic heterocycles. The molecule has 134 valence electrons. The highest BCUT2D eigenvalue weighted by molar-refractivity contribution is 5.93. The van der Waals surface area contributed by atoms with Crippen LogP contribution in [0.2, 0.25) is 0 Å². The lowest BCUT2D eigenvalue weighted by atomic mass is 10.1. The van der Waals surface area contributed by atoms with Crippen LogP contribution in [-0.4, -0.2) is 49.7 Å². The van der Waals surface area contributed by atoms with Gasteiger partial charge in [0, 0.05) is 42.0 Å². The van der Waals surface area contributed by atoms with Crippen molar-refractivity contribution >= 4 is 22.6 Å². The molecule has 0 saturated carbocycles. The number of hydrogen-bond acceptors (Lipinski definition) is 5. The first kappa shape index (κ1) is 16.7. The molecule has 0 aromatic carbocycles. The van der Waals surface area contributed by atoms with Gasteiger partial charge in [-0.1, -0.05) is 0 Å². The van der Waals surface area contributed by atoms with Gasteiger partial charge < -0.3 is 5.32 Å². The number of nitrogens with zero attached hydrogens (tertiary/aromatic N) is 5. The molecule has 1 atom stereocenters. The minimum Gasteiger partial charge on any atom is -0.310 e. The molecule has 26 heavy (non-hydrogen) atoms. The molecule has 7 nitrogen and oxygen atoms in total. The van der Waals surface area contributed by atoms with Gasteiger partial charge in [0.1, 0.15) is 5.82 Å². The molecule has 4 heterocycles. The maximum atomic E-state index is 12.3. The molecule has 0 unspecified atom stereocenters. The molecular weight excluding hydrogens is 328 g/mol. The van der Waals surface area contributed by atoms with Gasteiger partial charge in [-0.15, -0.1) is 0 Å². The average Bonchev–Trinajstić information content (AvgIpc) is 3.23. The molecule has 0 aliphatic carbocycles. The van der Waals surface area contributed by atoms with E-state index >= 15 is 0 Å². The second kappa shape index (κ2) is 6.84. The number of carbonyl (C=O) groups excluding carboxylic acids is 1. The number of fused-ring (bicyclic) bond motifs is 1. The summed E-state index contributed by atoms with van der Waals surface area (Å²) in [6.45, 7) is 3.56. The van der Waals surface area contributed by atoms with Crippen molar-refractivity contribution in [2.24, 2.45) is 7.05 Å².